The summed E-state index contributed by atoms with van der Waals surface area (Å²) in [5.41, 5.74) is 7.30. The molecule has 16 heavy (non-hydrogen) atoms. The van der Waals surface area contributed by atoms with Gasteiger partial charge in [0.2, 0.25) is 0 Å². The van der Waals surface area contributed by atoms with Crippen molar-refractivity contribution >= 4 is 16.6 Å². The molecule has 1 aromatic carbocycles. The number of hydrogen-bond acceptors (Lipinski definition) is 4. The summed E-state index contributed by atoms with van der Waals surface area (Å²) in [6, 6.07) is 7.37. The van der Waals surface area contributed by atoms with Gasteiger partial charge in [0.15, 0.2) is 0 Å². The third-order valence-corrected chi connectivity index (χ3v) is 2.33. The van der Waals surface area contributed by atoms with Crippen molar-refractivity contribution in [1.82, 2.24) is 4.98 Å². The monoisotopic (exact) mass is 218 g/mol. The number of nitrogen functional groups attached to an aromatic ring is 1. The third-order valence-electron chi connectivity index (χ3n) is 2.33. The second-order valence-electron chi connectivity index (χ2n) is 3.48. The molecule has 0 aliphatic carbocycles. The smallest absolute Gasteiger partial charge is 0.145 e. The van der Waals surface area contributed by atoms with Gasteiger partial charge in [0.25, 0.3) is 0 Å². The van der Waals surface area contributed by atoms with Gasteiger partial charge >= 0.3 is 0 Å². The van der Waals surface area contributed by atoms with Gasteiger partial charge in [-0.05, 0) is 24.3 Å². The van der Waals surface area contributed by atoms with E-state index in [2.05, 4.69) is 4.98 Å². The maximum Gasteiger partial charge on any atom is 0.145 e. The zero-order valence-electron chi connectivity index (χ0n) is 8.89. The molecule has 2 rings (SSSR count). The summed E-state index contributed by atoms with van der Waals surface area (Å²) in [5.74, 6) is 0.707. The number of aliphatic hydroxyl groups is 1. The Kier molecular flexibility index (Phi) is 3.22. The number of fused-ring (bicyclic) bond motifs is 1. The van der Waals surface area contributed by atoms with Gasteiger partial charge in [0.1, 0.15) is 11.3 Å². The Bertz CT molecular complexity index is 485. The van der Waals surface area contributed by atoms with Gasteiger partial charge in [-0.3, -0.25) is 4.98 Å². The van der Waals surface area contributed by atoms with Crippen molar-refractivity contribution in [3.63, 3.8) is 0 Å². The van der Waals surface area contributed by atoms with E-state index in [4.69, 9.17) is 15.6 Å². The van der Waals surface area contributed by atoms with Crippen LogP contribution in [-0.4, -0.2) is 23.3 Å². The first-order valence-corrected chi connectivity index (χ1v) is 5.20. The molecule has 0 aliphatic rings. The summed E-state index contributed by atoms with van der Waals surface area (Å²) in [5, 5.41) is 9.58. The Balaban J connectivity index is 2.35. The lowest BCUT2D eigenvalue weighted by atomic mass is 10.2. The fourth-order valence-electron chi connectivity index (χ4n) is 1.53. The molecule has 0 saturated carbocycles. The van der Waals surface area contributed by atoms with Crippen LogP contribution < -0.4 is 10.5 Å². The average Bonchev–Trinajstić information content (AvgIpc) is 2.33. The zero-order chi connectivity index (χ0) is 11.4. The number of hydrogen-bond donors (Lipinski definition) is 2. The summed E-state index contributed by atoms with van der Waals surface area (Å²) in [7, 11) is 0. The highest BCUT2D eigenvalue weighted by Crippen LogP contribution is 2.27. The Morgan fingerprint density at radius 3 is 3.00 bits per heavy atom. The lowest BCUT2D eigenvalue weighted by Crippen LogP contribution is -2.01. The molecule has 1 aromatic heterocycles. The van der Waals surface area contributed by atoms with Crippen molar-refractivity contribution in [2.24, 2.45) is 0 Å². The Labute approximate surface area is 93.7 Å². The van der Waals surface area contributed by atoms with E-state index in [0.717, 1.165) is 10.9 Å². The van der Waals surface area contributed by atoms with Crippen LogP contribution in [0.3, 0.4) is 0 Å². The number of pyridine rings is 1. The molecule has 0 bridgehead atoms. The summed E-state index contributed by atoms with van der Waals surface area (Å²) >= 11 is 0. The Morgan fingerprint density at radius 2 is 2.19 bits per heavy atom. The number of aliphatic hydroxyl groups excluding tert-OH is 1. The first kappa shape index (κ1) is 10.7. The highest BCUT2D eigenvalue weighted by atomic mass is 16.5. The van der Waals surface area contributed by atoms with E-state index in [9.17, 15) is 0 Å². The summed E-state index contributed by atoms with van der Waals surface area (Å²) in [6.07, 6.45) is 2.32. The molecule has 0 atom stereocenters. The molecule has 0 amide bonds. The van der Waals surface area contributed by atoms with Crippen LogP contribution in [0.5, 0.6) is 5.75 Å². The van der Waals surface area contributed by atoms with E-state index < -0.39 is 0 Å². The standard InChI is InChI=1S/C12H14N2O2/c13-10-4-5-11(16-8-2-7-15)12-9(10)3-1-6-14-12/h1,3-6,15H,2,7-8,13H2. The lowest BCUT2D eigenvalue weighted by molar-refractivity contribution is 0.234. The molecule has 4 nitrogen and oxygen atoms in total. The lowest BCUT2D eigenvalue weighted by Gasteiger charge is -2.09. The second-order valence-corrected chi connectivity index (χ2v) is 3.48. The molecule has 0 saturated heterocycles. The van der Waals surface area contributed by atoms with Gasteiger partial charge in [-0.15, -0.1) is 0 Å². The minimum atomic E-state index is 0.125. The van der Waals surface area contributed by atoms with E-state index in [0.29, 0.717) is 24.5 Å². The van der Waals surface area contributed by atoms with Crippen molar-refractivity contribution < 1.29 is 9.84 Å². The maximum atomic E-state index is 8.69. The second kappa shape index (κ2) is 4.81. The number of anilines is 1. The van der Waals surface area contributed by atoms with Crippen LogP contribution in [0, 0.1) is 0 Å². The molecule has 0 aliphatic heterocycles. The normalized spacial score (nSPS) is 10.6. The van der Waals surface area contributed by atoms with Crippen molar-refractivity contribution in [2.75, 3.05) is 18.9 Å². The molecule has 0 radical (unpaired) electrons. The van der Waals surface area contributed by atoms with Gasteiger partial charge in [-0.25, -0.2) is 0 Å². The predicted molar refractivity (Wildman–Crippen MR) is 63.4 cm³/mol. The summed E-state index contributed by atoms with van der Waals surface area (Å²) in [4.78, 5) is 4.25. The Hall–Kier alpha value is -1.81. The minimum absolute atomic E-state index is 0.125. The first-order chi connectivity index (χ1) is 7.83. The molecule has 4 heteroatoms. The van der Waals surface area contributed by atoms with E-state index in [1.54, 1.807) is 12.3 Å². The zero-order valence-corrected chi connectivity index (χ0v) is 8.89. The van der Waals surface area contributed by atoms with Crippen molar-refractivity contribution in [1.29, 1.82) is 0 Å². The number of benzene rings is 1. The fraction of sp³-hybridized carbons (Fsp3) is 0.250. The Morgan fingerprint density at radius 1 is 1.31 bits per heavy atom. The number of ether oxygens (including phenoxy) is 1. The summed E-state index contributed by atoms with van der Waals surface area (Å²) in [6.45, 7) is 0.604. The van der Waals surface area contributed by atoms with E-state index in [1.807, 2.05) is 18.2 Å². The van der Waals surface area contributed by atoms with Crippen molar-refractivity contribution in [2.45, 2.75) is 6.42 Å². The van der Waals surface area contributed by atoms with Crippen LogP contribution in [-0.2, 0) is 0 Å². The summed E-state index contributed by atoms with van der Waals surface area (Å²) < 4.78 is 5.54. The van der Waals surface area contributed by atoms with Gasteiger partial charge in [-0.2, -0.15) is 0 Å². The molecule has 1 heterocycles. The number of nitrogens with zero attached hydrogens (tertiary/aromatic N) is 1. The van der Waals surface area contributed by atoms with Crippen LogP contribution in [0.1, 0.15) is 6.42 Å². The third kappa shape index (κ3) is 2.06. The van der Waals surface area contributed by atoms with Crippen LogP contribution >= 0.6 is 0 Å². The van der Waals surface area contributed by atoms with Crippen molar-refractivity contribution in [3.05, 3.63) is 30.5 Å². The largest absolute Gasteiger partial charge is 0.491 e. The highest BCUT2D eigenvalue weighted by Gasteiger charge is 2.05. The highest BCUT2D eigenvalue weighted by molar-refractivity contribution is 5.94. The van der Waals surface area contributed by atoms with E-state index in [1.165, 1.54) is 0 Å². The van der Waals surface area contributed by atoms with Crippen LogP contribution in [0.4, 0.5) is 5.69 Å². The van der Waals surface area contributed by atoms with Crippen LogP contribution in [0.15, 0.2) is 30.5 Å². The predicted octanol–water partition coefficient (Wildman–Crippen LogP) is 1.58. The minimum Gasteiger partial charge on any atom is -0.491 e. The molecule has 0 unspecified atom stereocenters. The number of rotatable bonds is 4. The first-order valence-electron chi connectivity index (χ1n) is 5.20. The number of aromatic nitrogens is 1. The van der Waals surface area contributed by atoms with E-state index >= 15 is 0 Å². The molecule has 84 valence electrons. The quantitative estimate of drug-likeness (QED) is 0.604. The molecule has 0 spiro atoms. The molecule has 2 aromatic rings. The van der Waals surface area contributed by atoms with E-state index in [-0.39, 0.29) is 6.61 Å². The van der Waals surface area contributed by atoms with Gasteiger partial charge in [-0.1, -0.05) is 0 Å². The van der Waals surface area contributed by atoms with Crippen molar-refractivity contribution in [3.8, 4) is 5.75 Å². The molecular weight excluding hydrogens is 204 g/mol. The topological polar surface area (TPSA) is 68.4 Å². The number of nitrogens with two attached hydrogens (primary N) is 1. The SMILES string of the molecule is Nc1ccc(OCCCO)c2ncccc12. The fourth-order valence-corrected chi connectivity index (χ4v) is 1.53. The molecular formula is C12H14N2O2. The average molecular weight is 218 g/mol. The van der Waals surface area contributed by atoms with Gasteiger partial charge < -0.3 is 15.6 Å². The maximum absolute atomic E-state index is 8.69. The van der Waals surface area contributed by atoms with Crippen LogP contribution in [0.2, 0.25) is 0 Å². The van der Waals surface area contributed by atoms with Crippen LogP contribution in [0.25, 0.3) is 10.9 Å². The molecule has 0 fully saturated rings. The van der Waals surface area contributed by atoms with Gasteiger partial charge in [0.05, 0.1) is 6.61 Å². The van der Waals surface area contributed by atoms with Gasteiger partial charge in [0, 0.05) is 30.3 Å². The molecule has 3 N–H and O–H groups in total.